The molecule has 0 radical (unpaired) electrons. The van der Waals surface area contributed by atoms with Crippen molar-refractivity contribution in [2.45, 2.75) is 83.5 Å². The van der Waals surface area contributed by atoms with E-state index in [9.17, 15) is 5.11 Å². The molecule has 2 rings (SSSR count). The molecule has 1 heterocycles. The lowest BCUT2D eigenvalue weighted by molar-refractivity contribution is 0.302. The molecular weight excluding hydrogens is 376 g/mol. The first kappa shape index (κ1) is 23.4. The number of hydrogen-bond donors (Lipinski definition) is 1. The van der Waals surface area contributed by atoms with Crippen LogP contribution in [0.5, 0.6) is 11.5 Å². The number of aromatic nitrogens is 2. The average Bonchev–Trinajstić information content (AvgIpc) is 2.69. The van der Waals surface area contributed by atoms with Gasteiger partial charge in [-0.1, -0.05) is 77.1 Å². The van der Waals surface area contributed by atoms with Crippen LogP contribution in [0.3, 0.4) is 0 Å². The largest absolute Gasteiger partial charge is 0.508 e. The van der Waals surface area contributed by atoms with Crippen LogP contribution >= 0.6 is 0 Å². The summed E-state index contributed by atoms with van der Waals surface area (Å²) in [5, 5.41) is 9.34. The predicted molar refractivity (Wildman–Crippen MR) is 124 cm³/mol. The number of benzene rings is 1. The van der Waals surface area contributed by atoms with Gasteiger partial charge in [0, 0.05) is 13.6 Å². The van der Waals surface area contributed by atoms with Crippen LogP contribution in [0, 0.1) is 0 Å². The fraction of sp³-hybridized carbons (Fsp3) is 0.583. The van der Waals surface area contributed by atoms with E-state index in [2.05, 4.69) is 29.6 Å². The van der Waals surface area contributed by atoms with E-state index in [0.717, 1.165) is 18.6 Å². The van der Waals surface area contributed by atoms with Crippen molar-refractivity contribution in [3.63, 3.8) is 0 Å². The van der Waals surface area contributed by atoms with Crippen molar-refractivity contribution >= 4 is 8.07 Å². The smallest absolute Gasteiger partial charge is 0.159 e. The maximum atomic E-state index is 9.34. The van der Waals surface area contributed by atoms with Gasteiger partial charge in [0.15, 0.2) is 11.6 Å². The molecule has 0 spiro atoms. The lowest BCUT2D eigenvalue weighted by Gasteiger charge is -2.14. The Labute approximate surface area is 177 Å². The van der Waals surface area contributed by atoms with E-state index in [1.165, 1.54) is 57.4 Å². The summed E-state index contributed by atoms with van der Waals surface area (Å²) in [4.78, 5) is 8.69. The number of hydrogen-bond acceptors (Lipinski definition) is 4. The standard InChI is InChI=1S/C24H38N2O2Si/c1-29(2,3)18-12-10-8-6-4-5-7-9-11-17-28-23-19-25-24(26-20-23)21-13-15-22(27)16-14-21/h13-16,19-20,27H,4-12,17-18H2,1-3H3. The fourth-order valence-corrected chi connectivity index (χ4v) is 4.65. The Morgan fingerprint density at radius 3 is 1.83 bits per heavy atom. The molecule has 0 saturated heterocycles. The molecule has 29 heavy (non-hydrogen) atoms. The molecule has 0 aliphatic carbocycles. The summed E-state index contributed by atoms with van der Waals surface area (Å²) in [5.74, 6) is 1.59. The van der Waals surface area contributed by atoms with Crippen molar-refractivity contribution in [3.8, 4) is 22.9 Å². The van der Waals surface area contributed by atoms with Crippen LogP contribution in [0.15, 0.2) is 36.7 Å². The molecule has 0 atom stereocenters. The SMILES string of the molecule is C[Si](C)(C)CCCCCCCCCCCOc1cnc(-c2ccc(O)cc2)nc1. The van der Waals surface area contributed by atoms with E-state index in [1.807, 2.05) is 0 Å². The zero-order valence-corrected chi connectivity index (χ0v) is 19.5. The fourth-order valence-electron chi connectivity index (χ4n) is 3.34. The van der Waals surface area contributed by atoms with Gasteiger partial charge in [-0.3, -0.25) is 0 Å². The van der Waals surface area contributed by atoms with Gasteiger partial charge in [-0.25, -0.2) is 9.97 Å². The number of phenols is 1. The van der Waals surface area contributed by atoms with Crippen molar-refractivity contribution in [2.75, 3.05) is 6.61 Å². The second-order valence-corrected chi connectivity index (χ2v) is 14.8. The number of rotatable bonds is 14. The van der Waals surface area contributed by atoms with Gasteiger partial charge in [0.1, 0.15) is 5.75 Å². The molecule has 4 nitrogen and oxygen atoms in total. The lowest BCUT2D eigenvalue weighted by atomic mass is 10.1. The Morgan fingerprint density at radius 1 is 0.759 bits per heavy atom. The minimum atomic E-state index is -0.824. The van der Waals surface area contributed by atoms with E-state index < -0.39 is 8.07 Å². The highest BCUT2D eigenvalue weighted by Crippen LogP contribution is 2.20. The molecule has 1 N–H and O–H groups in total. The van der Waals surface area contributed by atoms with E-state index in [-0.39, 0.29) is 5.75 Å². The summed E-state index contributed by atoms with van der Waals surface area (Å²) >= 11 is 0. The van der Waals surface area contributed by atoms with Gasteiger partial charge in [-0.2, -0.15) is 0 Å². The highest BCUT2D eigenvalue weighted by molar-refractivity contribution is 6.76. The van der Waals surface area contributed by atoms with Crippen molar-refractivity contribution in [1.29, 1.82) is 0 Å². The molecule has 5 heteroatoms. The Bertz CT molecular complexity index is 682. The zero-order valence-electron chi connectivity index (χ0n) is 18.5. The first-order valence-electron chi connectivity index (χ1n) is 11.2. The Kier molecular flexibility index (Phi) is 10.2. The highest BCUT2D eigenvalue weighted by atomic mass is 28.3. The van der Waals surface area contributed by atoms with Crippen LogP contribution < -0.4 is 4.74 Å². The first-order chi connectivity index (χ1) is 13.9. The summed E-state index contributed by atoms with van der Waals surface area (Å²) in [6, 6.07) is 8.37. The van der Waals surface area contributed by atoms with Gasteiger partial charge in [0.2, 0.25) is 0 Å². The number of phenolic OH excluding ortho intramolecular Hbond substituents is 1. The van der Waals surface area contributed by atoms with Gasteiger partial charge >= 0.3 is 0 Å². The second-order valence-electron chi connectivity index (χ2n) is 9.13. The zero-order chi connectivity index (χ0) is 21.0. The maximum absolute atomic E-state index is 9.34. The predicted octanol–water partition coefficient (Wildman–Crippen LogP) is 7.08. The highest BCUT2D eigenvalue weighted by Gasteiger charge is 2.11. The maximum Gasteiger partial charge on any atom is 0.159 e. The molecule has 1 aromatic heterocycles. The molecule has 0 bridgehead atoms. The quantitative estimate of drug-likeness (QED) is 0.265. The van der Waals surface area contributed by atoms with Crippen molar-refractivity contribution in [3.05, 3.63) is 36.7 Å². The Balaban J connectivity index is 1.47. The number of aromatic hydroxyl groups is 1. The van der Waals surface area contributed by atoms with Crippen molar-refractivity contribution < 1.29 is 9.84 Å². The van der Waals surface area contributed by atoms with E-state index in [4.69, 9.17) is 4.74 Å². The van der Waals surface area contributed by atoms with E-state index in [0.29, 0.717) is 11.6 Å². The number of ether oxygens (including phenoxy) is 1. The molecule has 2 aromatic rings. The summed E-state index contributed by atoms with van der Waals surface area (Å²) in [6.45, 7) is 8.13. The molecular formula is C24H38N2O2Si. The van der Waals surface area contributed by atoms with Gasteiger partial charge in [-0.05, 0) is 30.7 Å². The third kappa shape index (κ3) is 10.5. The third-order valence-electron chi connectivity index (χ3n) is 5.09. The van der Waals surface area contributed by atoms with Crippen LogP contribution in [0.2, 0.25) is 25.7 Å². The van der Waals surface area contributed by atoms with E-state index >= 15 is 0 Å². The van der Waals surface area contributed by atoms with Crippen molar-refractivity contribution in [1.82, 2.24) is 9.97 Å². The molecule has 0 unspecified atom stereocenters. The third-order valence-corrected chi connectivity index (χ3v) is 6.95. The molecule has 0 aliphatic heterocycles. The minimum Gasteiger partial charge on any atom is -0.508 e. The van der Waals surface area contributed by atoms with Crippen molar-refractivity contribution in [2.24, 2.45) is 0 Å². The minimum absolute atomic E-state index is 0.242. The summed E-state index contributed by atoms with van der Waals surface area (Å²) in [5.41, 5.74) is 0.880. The number of unbranched alkanes of at least 4 members (excludes halogenated alkanes) is 8. The first-order valence-corrected chi connectivity index (χ1v) is 14.9. The van der Waals surface area contributed by atoms with E-state index in [1.54, 1.807) is 36.7 Å². The number of nitrogens with zero attached hydrogens (tertiary/aromatic N) is 2. The molecule has 0 aliphatic rings. The normalized spacial score (nSPS) is 11.6. The second kappa shape index (κ2) is 12.6. The van der Waals surface area contributed by atoms with Gasteiger partial charge in [0.05, 0.1) is 19.0 Å². The van der Waals surface area contributed by atoms with Gasteiger partial charge < -0.3 is 9.84 Å². The molecule has 160 valence electrons. The summed E-state index contributed by atoms with van der Waals surface area (Å²) in [7, 11) is -0.824. The molecule has 0 fully saturated rings. The van der Waals surface area contributed by atoms with Crippen LogP contribution in [0.1, 0.15) is 57.8 Å². The van der Waals surface area contributed by atoms with Crippen LogP contribution in [-0.2, 0) is 0 Å². The van der Waals surface area contributed by atoms with Gasteiger partial charge in [-0.15, -0.1) is 0 Å². The van der Waals surface area contributed by atoms with Gasteiger partial charge in [0.25, 0.3) is 0 Å². The Morgan fingerprint density at radius 2 is 1.28 bits per heavy atom. The average molecular weight is 415 g/mol. The molecule has 1 aromatic carbocycles. The van der Waals surface area contributed by atoms with Crippen LogP contribution in [0.25, 0.3) is 11.4 Å². The topological polar surface area (TPSA) is 55.2 Å². The lowest BCUT2D eigenvalue weighted by Crippen LogP contribution is -2.18. The summed E-state index contributed by atoms with van der Waals surface area (Å²) in [6.07, 6.45) is 15.4. The van der Waals surface area contributed by atoms with Crippen LogP contribution in [0.4, 0.5) is 0 Å². The van der Waals surface area contributed by atoms with Crippen LogP contribution in [-0.4, -0.2) is 29.8 Å². The molecule has 0 saturated carbocycles. The molecule has 0 amide bonds. The Hall–Kier alpha value is -1.88. The summed E-state index contributed by atoms with van der Waals surface area (Å²) < 4.78 is 5.75. The monoisotopic (exact) mass is 414 g/mol.